The van der Waals surface area contributed by atoms with Gasteiger partial charge in [0, 0.05) is 17.6 Å². The quantitative estimate of drug-likeness (QED) is 0.540. The van der Waals surface area contributed by atoms with E-state index in [2.05, 4.69) is 9.72 Å². The standard InChI is InChI=1S/C15H16N2O5/c16-11(5-6-13(18)19)15(21)22-14(20)8-10-7-9-3-1-2-4-12(9)17-10/h1-4,7,11,17H,5-6,8,16H2,(H,18,19)/t11-/m0/s1. The number of benzene rings is 1. The van der Waals surface area contributed by atoms with Gasteiger partial charge in [0.2, 0.25) is 0 Å². The topological polar surface area (TPSA) is 122 Å². The number of aliphatic carboxylic acids is 1. The maximum atomic E-state index is 11.7. The number of esters is 2. The Bertz CT molecular complexity index is 674. The summed E-state index contributed by atoms with van der Waals surface area (Å²) in [5.74, 6) is -2.71. The normalized spacial score (nSPS) is 12.0. The smallest absolute Gasteiger partial charge is 0.330 e. The lowest BCUT2D eigenvalue weighted by Gasteiger charge is -2.08. The first-order valence-electron chi connectivity index (χ1n) is 6.74. The number of ether oxygens (including phenoxy) is 1. The van der Waals surface area contributed by atoms with Crippen LogP contribution in [0.3, 0.4) is 0 Å². The number of carboxylic acid groups (broad SMARTS) is 1. The van der Waals surface area contributed by atoms with Crippen molar-refractivity contribution in [1.29, 1.82) is 0 Å². The molecular weight excluding hydrogens is 288 g/mol. The van der Waals surface area contributed by atoms with Crippen molar-refractivity contribution in [2.24, 2.45) is 5.73 Å². The maximum absolute atomic E-state index is 11.7. The summed E-state index contributed by atoms with van der Waals surface area (Å²) >= 11 is 0. The van der Waals surface area contributed by atoms with Crippen LogP contribution in [0.1, 0.15) is 18.5 Å². The maximum Gasteiger partial charge on any atom is 0.330 e. The molecule has 22 heavy (non-hydrogen) atoms. The van der Waals surface area contributed by atoms with Gasteiger partial charge in [0.15, 0.2) is 0 Å². The number of rotatable bonds is 6. The van der Waals surface area contributed by atoms with Gasteiger partial charge in [0.1, 0.15) is 6.04 Å². The predicted molar refractivity (Wildman–Crippen MR) is 77.9 cm³/mol. The molecule has 0 aliphatic rings. The highest BCUT2D eigenvalue weighted by molar-refractivity contribution is 5.90. The number of para-hydroxylation sites is 1. The molecule has 0 spiro atoms. The van der Waals surface area contributed by atoms with Gasteiger partial charge < -0.3 is 20.6 Å². The lowest BCUT2D eigenvalue weighted by molar-refractivity contribution is -0.160. The predicted octanol–water partition coefficient (Wildman–Crippen LogP) is 0.972. The monoisotopic (exact) mass is 304 g/mol. The SMILES string of the molecule is N[C@@H](CCC(=O)O)C(=O)OC(=O)Cc1cc2ccccc2[nH]1. The second-order valence-electron chi connectivity index (χ2n) is 4.89. The highest BCUT2D eigenvalue weighted by Gasteiger charge is 2.20. The first kappa shape index (κ1) is 15.7. The Hall–Kier alpha value is -2.67. The molecule has 0 amide bonds. The van der Waals surface area contributed by atoms with Crippen LogP contribution in [0.25, 0.3) is 10.9 Å². The van der Waals surface area contributed by atoms with Gasteiger partial charge in [-0.05, 0) is 23.9 Å². The minimum absolute atomic E-state index is 0.0756. The number of hydrogen-bond acceptors (Lipinski definition) is 5. The lowest BCUT2D eigenvalue weighted by atomic mass is 10.2. The summed E-state index contributed by atoms with van der Waals surface area (Å²) in [6, 6.07) is 8.19. The van der Waals surface area contributed by atoms with Crippen LogP contribution >= 0.6 is 0 Å². The molecule has 116 valence electrons. The van der Waals surface area contributed by atoms with Crippen LogP contribution < -0.4 is 5.73 Å². The molecule has 7 nitrogen and oxygen atoms in total. The van der Waals surface area contributed by atoms with Crippen molar-refractivity contribution in [1.82, 2.24) is 4.98 Å². The second-order valence-corrected chi connectivity index (χ2v) is 4.89. The Labute approximate surface area is 126 Å². The van der Waals surface area contributed by atoms with Gasteiger partial charge in [-0.15, -0.1) is 0 Å². The van der Waals surface area contributed by atoms with E-state index in [0.717, 1.165) is 10.9 Å². The average Bonchev–Trinajstić information content (AvgIpc) is 2.86. The van der Waals surface area contributed by atoms with Crippen molar-refractivity contribution >= 4 is 28.8 Å². The van der Waals surface area contributed by atoms with Crippen LogP contribution in [0.15, 0.2) is 30.3 Å². The average molecular weight is 304 g/mol. The van der Waals surface area contributed by atoms with E-state index in [0.29, 0.717) is 5.69 Å². The van der Waals surface area contributed by atoms with Crippen molar-refractivity contribution < 1.29 is 24.2 Å². The van der Waals surface area contributed by atoms with E-state index in [4.69, 9.17) is 10.8 Å². The first-order valence-corrected chi connectivity index (χ1v) is 6.74. The van der Waals surface area contributed by atoms with Gasteiger partial charge in [0.25, 0.3) is 0 Å². The number of aromatic nitrogens is 1. The Morgan fingerprint density at radius 2 is 2.00 bits per heavy atom. The number of fused-ring (bicyclic) bond motifs is 1. The summed E-state index contributed by atoms with van der Waals surface area (Å²) < 4.78 is 4.63. The van der Waals surface area contributed by atoms with Gasteiger partial charge in [-0.3, -0.25) is 9.59 Å². The summed E-state index contributed by atoms with van der Waals surface area (Å²) in [6.07, 6.45) is -0.424. The molecule has 1 atom stereocenters. The fourth-order valence-corrected chi connectivity index (χ4v) is 2.00. The van der Waals surface area contributed by atoms with Crippen LogP contribution in [-0.4, -0.2) is 34.0 Å². The molecule has 0 bridgehead atoms. The van der Waals surface area contributed by atoms with Crippen molar-refractivity contribution in [3.05, 3.63) is 36.0 Å². The summed E-state index contributed by atoms with van der Waals surface area (Å²) in [5.41, 5.74) is 6.98. The fraction of sp³-hybridized carbons (Fsp3) is 0.267. The zero-order valence-electron chi connectivity index (χ0n) is 11.7. The van der Waals surface area contributed by atoms with Crippen LogP contribution in [0.5, 0.6) is 0 Å². The van der Waals surface area contributed by atoms with E-state index in [1.807, 2.05) is 24.3 Å². The van der Waals surface area contributed by atoms with Crippen molar-refractivity contribution in [3.63, 3.8) is 0 Å². The molecule has 1 heterocycles. The van der Waals surface area contributed by atoms with Gasteiger partial charge in [-0.2, -0.15) is 0 Å². The first-order chi connectivity index (χ1) is 10.5. The third kappa shape index (κ3) is 4.16. The number of aromatic amines is 1. The number of H-pyrrole nitrogens is 1. The molecule has 0 aliphatic carbocycles. The molecule has 0 fully saturated rings. The van der Waals surface area contributed by atoms with Gasteiger partial charge >= 0.3 is 17.9 Å². The van der Waals surface area contributed by atoms with E-state index in [-0.39, 0.29) is 19.3 Å². The molecule has 2 aromatic rings. The van der Waals surface area contributed by atoms with E-state index < -0.39 is 23.9 Å². The largest absolute Gasteiger partial charge is 0.481 e. The summed E-state index contributed by atoms with van der Waals surface area (Å²) in [4.78, 5) is 36.7. The molecule has 1 aromatic heterocycles. The Morgan fingerprint density at radius 1 is 1.27 bits per heavy atom. The minimum atomic E-state index is -1.12. The fourth-order valence-electron chi connectivity index (χ4n) is 2.00. The third-order valence-electron chi connectivity index (χ3n) is 3.11. The zero-order valence-corrected chi connectivity index (χ0v) is 11.7. The van der Waals surface area contributed by atoms with Crippen molar-refractivity contribution in [3.8, 4) is 0 Å². The Morgan fingerprint density at radius 3 is 2.68 bits per heavy atom. The summed E-state index contributed by atoms with van der Waals surface area (Å²) in [6.45, 7) is 0. The minimum Gasteiger partial charge on any atom is -0.481 e. The van der Waals surface area contributed by atoms with Gasteiger partial charge in [-0.25, -0.2) is 4.79 Å². The number of nitrogens with two attached hydrogens (primary N) is 1. The van der Waals surface area contributed by atoms with E-state index in [1.165, 1.54) is 0 Å². The highest BCUT2D eigenvalue weighted by Crippen LogP contribution is 2.15. The van der Waals surface area contributed by atoms with Crippen molar-refractivity contribution in [2.45, 2.75) is 25.3 Å². The highest BCUT2D eigenvalue weighted by atomic mass is 16.6. The summed E-state index contributed by atoms with van der Waals surface area (Å²) in [5, 5.41) is 9.46. The van der Waals surface area contributed by atoms with Gasteiger partial charge in [-0.1, -0.05) is 18.2 Å². The van der Waals surface area contributed by atoms with Gasteiger partial charge in [0.05, 0.1) is 6.42 Å². The molecule has 1 aromatic carbocycles. The lowest BCUT2D eigenvalue weighted by Crippen LogP contribution is -2.34. The molecule has 0 radical (unpaired) electrons. The number of nitrogens with one attached hydrogen (secondary N) is 1. The molecule has 4 N–H and O–H groups in total. The van der Waals surface area contributed by atoms with Crippen LogP contribution in [0, 0.1) is 0 Å². The zero-order chi connectivity index (χ0) is 16.1. The van der Waals surface area contributed by atoms with Crippen LogP contribution in [0.4, 0.5) is 0 Å². The molecule has 0 aliphatic heterocycles. The molecular formula is C15H16N2O5. The molecule has 0 saturated carbocycles. The van der Waals surface area contributed by atoms with Crippen LogP contribution in [-0.2, 0) is 25.5 Å². The molecule has 7 heteroatoms. The van der Waals surface area contributed by atoms with E-state index in [9.17, 15) is 14.4 Å². The van der Waals surface area contributed by atoms with E-state index in [1.54, 1.807) is 6.07 Å². The van der Waals surface area contributed by atoms with E-state index >= 15 is 0 Å². The Balaban J connectivity index is 1.89. The third-order valence-corrected chi connectivity index (χ3v) is 3.11. The number of hydrogen-bond donors (Lipinski definition) is 3. The Kier molecular flexibility index (Phi) is 4.90. The number of carboxylic acids is 1. The number of carbonyl (C=O) groups excluding carboxylic acids is 2. The molecule has 0 saturated heterocycles. The van der Waals surface area contributed by atoms with Crippen molar-refractivity contribution in [2.75, 3.05) is 0 Å². The number of carbonyl (C=O) groups is 3. The van der Waals surface area contributed by atoms with Crippen LogP contribution in [0.2, 0.25) is 0 Å². The molecule has 0 unspecified atom stereocenters. The molecule has 2 rings (SSSR count). The summed E-state index contributed by atoms with van der Waals surface area (Å²) in [7, 11) is 0. The second kappa shape index (κ2) is 6.86.